The first-order valence-electron chi connectivity index (χ1n) is 2.88. The highest BCUT2D eigenvalue weighted by Crippen LogP contribution is 2.07. The summed E-state index contributed by atoms with van der Waals surface area (Å²) in [6.07, 6.45) is -2.40. The fourth-order valence-corrected chi connectivity index (χ4v) is 1.07. The van der Waals surface area contributed by atoms with E-state index in [2.05, 4.69) is 0 Å². The minimum Gasteiger partial charge on any atom is -0.480 e. The molecular weight excluding hydrogens is 176 g/mol. The van der Waals surface area contributed by atoms with Gasteiger partial charge in [0.15, 0.2) is 0 Å². The van der Waals surface area contributed by atoms with Crippen molar-refractivity contribution in [1.82, 2.24) is 0 Å². The van der Waals surface area contributed by atoms with Crippen molar-refractivity contribution in [3.8, 4) is 0 Å². The minimum absolute atomic E-state index is 0.0275. The van der Waals surface area contributed by atoms with E-state index < -0.39 is 18.4 Å². The van der Waals surface area contributed by atoms with E-state index in [9.17, 15) is 13.6 Å². The Labute approximate surface area is 66.9 Å². The lowest BCUT2D eigenvalue weighted by Crippen LogP contribution is -2.32. The summed E-state index contributed by atoms with van der Waals surface area (Å²) in [6, 6.07) is -1.04. The van der Waals surface area contributed by atoms with Gasteiger partial charge in [-0.1, -0.05) is 0 Å². The number of carbonyl (C=O) groups is 1. The Kier molecular flexibility index (Phi) is 5.14. The molecular formula is C5H9F2NO2S. The Morgan fingerprint density at radius 1 is 1.55 bits per heavy atom. The minimum atomic E-state index is -2.40. The maximum Gasteiger partial charge on any atom is 0.321 e. The van der Waals surface area contributed by atoms with Crippen LogP contribution in [0.3, 0.4) is 0 Å². The molecule has 66 valence electrons. The van der Waals surface area contributed by atoms with Crippen LogP contribution in [0.25, 0.3) is 0 Å². The number of nitrogens with two attached hydrogens (primary N) is 1. The van der Waals surface area contributed by atoms with Crippen molar-refractivity contribution in [2.45, 2.75) is 12.5 Å². The fraction of sp³-hybridized carbons (Fsp3) is 0.800. The van der Waals surface area contributed by atoms with Gasteiger partial charge in [-0.05, 0) is 0 Å². The Hall–Kier alpha value is -0.360. The monoisotopic (exact) mass is 185 g/mol. The van der Waals surface area contributed by atoms with Gasteiger partial charge in [0.05, 0.1) is 5.75 Å². The van der Waals surface area contributed by atoms with Crippen molar-refractivity contribution in [1.29, 1.82) is 0 Å². The third kappa shape index (κ3) is 6.05. The number of carboxylic acid groups (broad SMARTS) is 1. The van der Waals surface area contributed by atoms with E-state index in [1.165, 1.54) is 0 Å². The predicted molar refractivity (Wildman–Crippen MR) is 38.9 cm³/mol. The molecule has 0 aromatic heterocycles. The number of halogens is 2. The predicted octanol–water partition coefficient (Wildman–Crippen LogP) is 0.397. The molecule has 0 heterocycles. The Bertz CT molecular complexity index is 134. The molecule has 0 rings (SSSR count). The third-order valence-corrected chi connectivity index (χ3v) is 1.94. The molecule has 0 bridgehead atoms. The van der Waals surface area contributed by atoms with Crippen molar-refractivity contribution in [3.05, 3.63) is 0 Å². The van der Waals surface area contributed by atoms with Crippen molar-refractivity contribution in [2.75, 3.05) is 11.5 Å². The lowest BCUT2D eigenvalue weighted by molar-refractivity contribution is -0.137. The smallest absolute Gasteiger partial charge is 0.321 e. The average Bonchev–Trinajstić information content (AvgIpc) is 1.86. The molecule has 3 nitrogen and oxygen atoms in total. The van der Waals surface area contributed by atoms with Gasteiger partial charge in [-0.2, -0.15) is 11.8 Å². The number of hydrogen-bond donors (Lipinski definition) is 2. The molecule has 0 saturated heterocycles. The molecule has 0 unspecified atom stereocenters. The van der Waals surface area contributed by atoms with Gasteiger partial charge in [0, 0.05) is 5.75 Å². The normalized spacial score (nSPS) is 13.5. The highest BCUT2D eigenvalue weighted by molar-refractivity contribution is 7.99. The largest absolute Gasteiger partial charge is 0.480 e. The van der Waals surface area contributed by atoms with Gasteiger partial charge in [0.1, 0.15) is 6.04 Å². The summed E-state index contributed by atoms with van der Waals surface area (Å²) < 4.78 is 23.0. The number of aliphatic carboxylic acids is 1. The van der Waals surface area contributed by atoms with Crippen LogP contribution < -0.4 is 5.73 Å². The van der Waals surface area contributed by atoms with E-state index in [-0.39, 0.29) is 11.5 Å². The first-order valence-corrected chi connectivity index (χ1v) is 4.03. The van der Waals surface area contributed by atoms with E-state index in [0.29, 0.717) is 0 Å². The molecule has 1 atom stereocenters. The number of hydrogen-bond acceptors (Lipinski definition) is 3. The van der Waals surface area contributed by atoms with Crippen LogP contribution in [0.5, 0.6) is 0 Å². The van der Waals surface area contributed by atoms with Crippen LogP contribution in [-0.4, -0.2) is 35.0 Å². The maximum atomic E-state index is 11.5. The zero-order chi connectivity index (χ0) is 8.85. The first-order chi connectivity index (χ1) is 5.04. The third-order valence-electron chi connectivity index (χ3n) is 0.858. The van der Waals surface area contributed by atoms with Crippen LogP contribution in [-0.2, 0) is 4.79 Å². The number of carboxylic acids is 1. The lowest BCUT2D eigenvalue weighted by atomic mass is 10.4. The van der Waals surface area contributed by atoms with Crippen LogP contribution in [0.1, 0.15) is 0 Å². The molecule has 0 saturated carbocycles. The number of rotatable bonds is 5. The molecule has 0 aromatic carbocycles. The van der Waals surface area contributed by atoms with E-state index >= 15 is 0 Å². The summed E-state index contributed by atoms with van der Waals surface area (Å²) in [5.41, 5.74) is 5.04. The summed E-state index contributed by atoms with van der Waals surface area (Å²) in [5, 5.41) is 8.22. The number of alkyl halides is 2. The molecule has 6 heteroatoms. The zero-order valence-electron chi connectivity index (χ0n) is 5.67. The van der Waals surface area contributed by atoms with Crippen LogP contribution in [0.15, 0.2) is 0 Å². The zero-order valence-corrected chi connectivity index (χ0v) is 6.48. The van der Waals surface area contributed by atoms with Gasteiger partial charge in [-0.25, -0.2) is 8.78 Å². The van der Waals surface area contributed by atoms with Gasteiger partial charge in [0.2, 0.25) is 6.43 Å². The van der Waals surface area contributed by atoms with Crippen LogP contribution >= 0.6 is 11.8 Å². The number of thioether (sulfide) groups is 1. The molecule has 0 aliphatic carbocycles. The van der Waals surface area contributed by atoms with Crippen molar-refractivity contribution in [2.24, 2.45) is 5.73 Å². The SMILES string of the molecule is N[C@@H](CSCC(F)F)C(=O)O. The lowest BCUT2D eigenvalue weighted by Gasteiger charge is -2.04. The molecule has 0 aliphatic heterocycles. The van der Waals surface area contributed by atoms with Crippen LogP contribution in [0.2, 0.25) is 0 Å². The van der Waals surface area contributed by atoms with Gasteiger partial charge < -0.3 is 10.8 Å². The van der Waals surface area contributed by atoms with E-state index in [1.807, 2.05) is 0 Å². The van der Waals surface area contributed by atoms with Crippen LogP contribution in [0.4, 0.5) is 8.78 Å². The van der Waals surface area contributed by atoms with Crippen LogP contribution in [0, 0.1) is 0 Å². The Morgan fingerprint density at radius 3 is 2.45 bits per heavy atom. The first kappa shape index (κ1) is 10.6. The molecule has 0 fully saturated rings. The summed E-state index contributed by atoms with van der Waals surface area (Å²) in [7, 11) is 0. The molecule has 11 heavy (non-hydrogen) atoms. The van der Waals surface area contributed by atoms with E-state index in [4.69, 9.17) is 10.8 Å². The fourth-order valence-electron chi connectivity index (χ4n) is 0.355. The van der Waals surface area contributed by atoms with Crippen molar-refractivity contribution < 1.29 is 18.7 Å². The maximum absolute atomic E-state index is 11.5. The molecule has 0 aliphatic rings. The van der Waals surface area contributed by atoms with Gasteiger partial charge in [-0.15, -0.1) is 0 Å². The quantitative estimate of drug-likeness (QED) is 0.650. The van der Waals surface area contributed by atoms with Gasteiger partial charge >= 0.3 is 5.97 Å². The average molecular weight is 185 g/mol. The molecule has 0 radical (unpaired) electrons. The Balaban J connectivity index is 3.31. The summed E-state index contributed by atoms with van der Waals surface area (Å²) >= 11 is 0.842. The summed E-state index contributed by atoms with van der Waals surface area (Å²) in [4.78, 5) is 10.0. The van der Waals surface area contributed by atoms with E-state index in [1.54, 1.807) is 0 Å². The summed E-state index contributed by atoms with van der Waals surface area (Å²) in [6.45, 7) is 0. The molecule has 0 aromatic rings. The highest BCUT2D eigenvalue weighted by atomic mass is 32.2. The van der Waals surface area contributed by atoms with Crippen molar-refractivity contribution in [3.63, 3.8) is 0 Å². The second-order valence-electron chi connectivity index (χ2n) is 1.87. The second-order valence-corrected chi connectivity index (χ2v) is 2.95. The van der Waals surface area contributed by atoms with Crippen molar-refractivity contribution >= 4 is 17.7 Å². The summed E-state index contributed by atoms with van der Waals surface area (Å²) in [5.74, 6) is -1.49. The van der Waals surface area contributed by atoms with Gasteiger partial charge in [0.25, 0.3) is 0 Å². The van der Waals surface area contributed by atoms with E-state index in [0.717, 1.165) is 11.8 Å². The molecule has 3 N–H and O–H groups in total. The topological polar surface area (TPSA) is 63.3 Å². The molecule has 0 spiro atoms. The Morgan fingerprint density at radius 2 is 2.09 bits per heavy atom. The van der Waals surface area contributed by atoms with Gasteiger partial charge in [-0.3, -0.25) is 4.79 Å². The molecule has 0 amide bonds. The highest BCUT2D eigenvalue weighted by Gasteiger charge is 2.12. The standard InChI is InChI=1S/C5H9F2NO2S/c6-4(7)2-11-1-3(8)5(9)10/h3-4H,1-2,8H2,(H,9,10)/t3-/m0/s1. The second kappa shape index (κ2) is 5.31.